The molecular weight excluding hydrogens is 480 g/mol. The van der Waals surface area contributed by atoms with Crippen molar-refractivity contribution in [2.75, 3.05) is 19.6 Å². The van der Waals surface area contributed by atoms with Crippen molar-refractivity contribution in [1.29, 1.82) is 0 Å². The Morgan fingerprint density at radius 3 is 1.08 bits per heavy atom. The van der Waals surface area contributed by atoms with Crippen LogP contribution in [0.1, 0.15) is 101 Å². The lowest BCUT2D eigenvalue weighted by Crippen LogP contribution is -2.36. The first kappa shape index (κ1) is 34.2. The van der Waals surface area contributed by atoms with E-state index in [1.165, 1.54) is 0 Å². The molecule has 214 valence electrons. The third-order valence-electron chi connectivity index (χ3n) is 4.74. The maximum atomic E-state index is 11.9. The molecule has 0 aliphatic rings. The number of isocyanates is 1. The predicted octanol–water partition coefficient (Wildman–Crippen LogP) is 4.98. The molecule has 0 aliphatic heterocycles. The maximum Gasteiger partial charge on any atom is 0.407 e. The van der Waals surface area contributed by atoms with Crippen molar-refractivity contribution in [1.82, 2.24) is 16.0 Å². The average molecular weight is 529 g/mol. The lowest BCUT2D eigenvalue weighted by molar-refractivity contribution is 0.0516. The zero-order valence-corrected chi connectivity index (χ0v) is 24.2. The zero-order valence-electron chi connectivity index (χ0n) is 24.2. The first-order valence-corrected chi connectivity index (χ1v) is 12.9. The van der Waals surface area contributed by atoms with Crippen LogP contribution in [0.5, 0.6) is 0 Å². The first-order valence-electron chi connectivity index (χ1n) is 12.9. The SMILES string of the molecule is CC(C)(C)OC(=O)NCCCC(CCCNC(=O)OC(C)(C)C)(CCCNC(=O)OC(C)(C)C)N=C=O. The molecule has 0 bridgehead atoms. The van der Waals surface area contributed by atoms with Gasteiger partial charge in [0.05, 0.1) is 5.54 Å². The summed E-state index contributed by atoms with van der Waals surface area (Å²) >= 11 is 0. The number of hydrogen-bond acceptors (Lipinski definition) is 8. The molecule has 0 rings (SSSR count). The topological polar surface area (TPSA) is 144 Å². The van der Waals surface area contributed by atoms with Crippen LogP contribution in [0.2, 0.25) is 0 Å². The van der Waals surface area contributed by atoms with E-state index in [4.69, 9.17) is 14.2 Å². The van der Waals surface area contributed by atoms with Crippen molar-refractivity contribution in [3.05, 3.63) is 0 Å². The minimum absolute atomic E-state index is 0.345. The molecule has 0 unspecified atom stereocenters. The van der Waals surface area contributed by atoms with Crippen LogP contribution in [0.15, 0.2) is 4.99 Å². The van der Waals surface area contributed by atoms with E-state index in [9.17, 15) is 19.2 Å². The second kappa shape index (κ2) is 15.4. The molecule has 11 heteroatoms. The van der Waals surface area contributed by atoms with Crippen LogP contribution in [0.3, 0.4) is 0 Å². The number of ether oxygens (including phenoxy) is 3. The second-order valence-electron chi connectivity index (χ2n) is 12.0. The highest BCUT2D eigenvalue weighted by Gasteiger charge is 2.29. The van der Waals surface area contributed by atoms with Gasteiger partial charge in [-0.05, 0) is 101 Å². The van der Waals surface area contributed by atoms with Gasteiger partial charge in [-0.1, -0.05) is 0 Å². The van der Waals surface area contributed by atoms with Crippen molar-refractivity contribution < 1.29 is 33.4 Å². The van der Waals surface area contributed by atoms with Crippen molar-refractivity contribution >= 4 is 24.4 Å². The maximum absolute atomic E-state index is 11.9. The number of carbonyl (C=O) groups excluding carboxylic acids is 4. The predicted molar refractivity (Wildman–Crippen MR) is 141 cm³/mol. The second-order valence-corrected chi connectivity index (χ2v) is 12.0. The van der Waals surface area contributed by atoms with Gasteiger partial charge < -0.3 is 30.2 Å². The Morgan fingerprint density at radius 1 is 0.595 bits per heavy atom. The zero-order chi connectivity index (χ0) is 28.8. The monoisotopic (exact) mass is 528 g/mol. The van der Waals surface area contributed by atoms with Crippen molar-refractivity contribution in [3.63, 3.8) is 0 Å². The number of rotatable bonds is 13. The van der Waals surface area contributed by atoms with E-state index in [2.05, 4.69) is 20.9 Å². The van der Waals surface area contributed by atoms with Crippen LogP contribution < -0.4 is 16.0 Å². The number of nitrogens with one attached hydrogen (secondary N) is 3. The summed E-state index contributed by atoms with van der Waals surface area (Å²) in [4.78, 5) is 51.3. The lowest BCUT2D eigenvalue weighted by atomic mass is 9.84. The molecule has 0 radical (unpaired) electrons. The summed E-state index contributed by atoms with van der Waals surface area (Å²) in [6.07, 6.45) is 3.27. The molecule has 0 saturated carbocycles. The summed E-state index contributed by atoms with van der Waals surface area (Å²) in [6, 6.07) is 0. The fourth-order valence-electron chi connectivity index (χ4n) is 3.41. The molecule has 0 aromatic heterocycles. The molecule has 0 fully saturated rings. The van der Waals surface area contributed by atoms with Crippen LogP contribution in [0.4, 0.5) is 14.4 Å². The van der Waals surface area contributed by atoms with Gasteiger partial charge in [0.2, 0.25) is 6.08 Å². The molecule has 3 N–H and O–H groups in total. The molecule has 0 aliphatic carbocycles. The van der Waals surface area contributed by atoms with Gasteiger partial charge in [0, 0.05) is 19.6 Å². The first-order chi connectivity index (χ1) is 16.9. The summed E-state index contributed by atoms with van der Waals surface area (Å²) in [5.41, 5.74) is -2.56. The third kappa shape index (κ3) is 20.0. The highest BCUT2D eigenvalue weighted by atomic mass is 16.6. The van der Waals surface area contributed by atoms with Crippen LogP contribution in [-0.2, 0) is 19.0 Å². The Bertz CT molecular complexity index is 685. The van der Waals surface area contributed by atoms with Crippen LogP contribution in [0.25, 0.3) is 0 Å². The molecule has 11 nitrogen and oxygen atoms in total. The Hall–Kier alpha value is -2.81. The van der Waals surface area contributed by atoms with Gasteiger partial charge in [0.1, 0.15) is 16.8 Å². The molecule has 37 heavy (non-hydrogen) atoms. The Morgan fingerprint density at radius 2 is 0.865 bits per heavy atom. The largest absolute Gasteiger partial charge is 0.444 e. The van der Waals surface area contributed by atoms with E-state index >= 15 is 0 Å². The lowest BCUT2D eigenvalue weighted by Gasteiger charge is -2.29. The van der Waals surface area contributed by atoms with E-state index in [1.54, 1.807) is 68.4 Å². The van der Waals surface area contributed by atoms with Crippen molar-refractivity contribution in [2.45, 2.75) is 123 Å². The average Bonchev–Trinajstić information content (AvgIpc) is 2.68. The quantitative estimate of drug-likeness (QED) is 0.132. The molecule has 3 amide bonds. The molecule has 0 spiro atoms. The molecule has 0 heterocycles. The van der Waals surface area contributed by atoms with Gasteiger partial charge in [-0.15, -0.1) is 0 Å². The van der Waals surface area contributed by atoms with Gasteiger partial charge >= 0.3 is 18.3 Å². The van der Waals surface area contributed by atoms with Gasteiger partial charge in [-0.3, -0.25) is 0 Å². The summed E-state index contributed by atoms with van der Waals surface area (Å²) in [5.74, 6) is 0. The van der Waals surface area contributed by atoms with E-state index in [0.717, 1.165) is 0 Å². The van der Waals surface area contributed by atoms with Gasteiger partial charge in [-0.2, -0.15) is 4.99 Å². The Labute approximate surface area is 221 Å². The van der Waals surface area contributed by atoms with Crippen molar-refractivity contribution in [3.8, 4) is 0 Å². The van der Waals surface area contributed by atoms with Gasteiger partial charge in [0.15, 0.2) is 0 Å². The number of amides is 3. The summed E-state index contributed by atoms with van der Waals surface area (Å²) in [7, 11) is 0. The van der Waals surface area contributed by atoms with E-state index in [0.29, 0.717) is 58.2 Å². The molecule has 0 saturated heterocycles. The highest BCUT2D eigenvalue weighted by Crippen LogP contribution is 2.29. The summed E-state index contributed by atoms with van der Waals surface area (Å²) < 4.78 is 15.8. The Balaban J connectivity index is 5.04. The van der Waals surface area contributed by atoms with Crippen molar-refractivity contribution in [2.24, 2.45) is 4.99 Å². The van der Waals surface area contributed by atoms with Crippen LogP contribution in [0, 0.1) is 0 Å². The fourth-order valence-corrected chi connectivity index (χ4v) is 3.41. The van der Waals surface area contributed by atoms with Crippen LogP contribution >= 0.6 is 0 Å². The van der Waals surface area contributed by atoms with E-state index in [1.807, 2.05) is 0 Å². The molecule has 0 aromatic rings. The summed E-state index contributed by atoms with van der Waals surface area (Å²) in [6.45, 7) is 17.1. The molecular formula is C26H48N4O7. The number of aliphatic imine (C=N–C) groups is 1. The smallest absolute Gasteiger partial charge is 0.407 e. The van der Waals surface area contributed by atoms with E-state index in [-0.39, 0.29) is 0 Å². The summed E-state index contributed by atoms with van der Waals surface area (Å²) in [5, 5.41) is 8.14. The van der Waals surface area contributed by atoms with Gasteiger partial charge in [-0.25, -0.2) is 19.2 Å². The van der Waals surface area contributed by atoms with Crippen LogP contribution in [-0.4, -0.2) is 66.3 Å². The van der Waals surface area contributed by atoms with Gasteiger partial charge in [0.25, 0.3) is 0 Å². The Kier molecular flexibility index (Phi) is 14.3. The highest BCUT2D eigenvalue weighted by molar-refractivity contribution is 5.68. The molecule has 0 aromatic carbocycles. The molecule has 0 atom stereocenters. The standard InChI is InChI=1S/C26H48N4O7/c1-23(2,3)35-20(32)27-16-10-13-26(30-19-31,14-11-17-28-21(33)36-24(4,5)6)15-12-18-29-22(34)37-25(7,8)9/h10-18H2,1-9H3,(H,27,32)(H,28,33)(H,29,34). The minimum atomic E-state index is -0.761. The van der Waals surface area contributed by atoms with E-state index < -0.39 is 40.6 Å². The third-order valence-corrected chi connectivity index (χ3v) is 4.74. The number of alkyl carbamates (subject to hydrolysis) is 3. The number of carbonyl (C=O) groups is 3. The number of hydrogen-bond donors (Lipinski definition) is 3. The normalized spacial score (nSPS) is 12.1. The number of nitrogens with zero attached hydrogens (tertiary/aromatic N) is 1. The minimum Gasteiger partial charge on any atom is -0.444 e. The fraction of sp³-hybridized carbons (Fsp3) is 0.846.